The number of hydrogen-bond acceptors (Lipinski definition) is 6. The van der Waals surface area contributed by atoms with E-state index in [-0.39, 0.29) is 31.0 Å². The Bertz CT molecular complexity index is 324. The van der Waals surface area contributed by atoms with Crippen LogP contribution in [0.4, 0.5) is 0 Å². The van der Waals surface area contributed by atoms with E-state index in [1.807, 2.05) is 6.08 Å². The summed E-state index contributed by atoms with van der Waals surface area (Å²) in [6.45, 7) is 4.33. The number of hydrogen-bond donors (Lipinski definition) is 1. The third-order valence-electron chi connectivity index (χ3n) is 4.27. The predicted octanol–water partition coefficient (Wildman–Crippen LogP) is 1.16. The fourth-order valence-electron chi connectivity index (χ4n) is 3.39. The average Bonchev–Trinajstić information content (AvgIpc) is 2.52. The van der Waals surface area contributed by atoms with Gasteiger partial charge in [0.2, 0.25) is 0 Å². The van der Waals surface area contributed by atoms with Gasteiger partial charge < -0.3 is 28.8 Å². The highest BCUT2D eigenvalue weighted by Crippen LogP contribution is 2.40. The minimum absolute atomic E-state index is 0.0962. The summed E-state index contributed by atoms with van der Waals surface area (Å²) in [5.41, 5.74) is -0.613. The maximum atomic E-state index is 9.23. The lowest BCUT2D eigenvalue weighted by atomic mass is 9.79. The minimum atomic E-state index is -0.613. The molecule has 1 aliphatic heterocycles. The molecule has 1 heterocycles. The van der Waals surface area contributed by atoms with Crippen LogP contribution in [0.25, 0.3) is 0 Å². The SMILES string of the molecule is C=CC[C@@]1(CCCO)OC(COC)[C@@H](OC)C(OC)C1OC. The molecule has 1 fully saturated rings. The molecule has 0 aromatic heterocycles. The van der Waals surface area contributed by atoms with E-state index in [2.05, 4.69) is 6.58 Å². The Morgan fingerprint density at radius 1 is 1.14 bits per heavy atom. The molecule has 0 amide bonds. The molecule has 1 N–H and O–H groups in total. The fourth-order valence-corrected chi connectivity index (χ4v) is 3.39. The van der Waals surface area contributed by atoms with E-state index in [0.29, 0.717) is 25.9 Å². The van der Waals surface area contributed by atoms with E-state index in [1.54, 1.807) is 28.4 Å². The first kappa shape index (κ1) is 19.5. The quantitative estimate of drug-likeness (QED) is 0.610. The Morgan fingerprint density at radius 3 is 2.27 bits per heavy atom. The molecule has 0 aromatic carbocycles. The molecule has 0 radical (unpaired) electrons. The monoisotopic (exact) mass is 318 g/mol. The van der Waals surface area contributed by atoms with E-state index < -0.39 is 5.60 Å². The van der Waals surface area contributed by atoms with E-state index in [1.165, 1.54) is 0 Å². The lowest BCUT2D eigenvalue weighted by Crippen LogP contribution is -2.66. The first-order chi connectivity index (χ1) is 10.6. The Kier molecular flexibility index (Phi) is 8.53. The highest BCUT2D eigenvalue weighted by Gasteiger charge is 2.54. The standard InChI is InChI=1S/C16H30O6/c1-6-8-16(9-7-10-17)15(21-5)14(20-4)13(19-3)12(22-16)11-18-2/h6,12-15,17H,1,7-11H2,2-5H3/t12?,13-,14?,15?,16+/m1/s1. The highest BCUT2D eigenvalue weighted by atomic mass is 16.6. The van der Waals surface area contributed by atoms with Crippen LogP contribution in [0.15, 0.2) is 12.7 Å². The molecule has 3 unspecified atom stereocenters. The molecule has 5 atom stereocenters. The van der Waals surface area contributed by atoms with Gasteiger partial charge in [0.15, 0.2) is 0 Å². The van der Waals surface area contributed by atoms with Gasteiger partial charge in [-0.2, -0.15) is 0 Å². The molecule has 1 rings (SSSR count). The molecule has 1 aliphatic rings. The maximum absolute atomic E-state index is 9.23. The first-order valence-corrected chi connectivity index (χ1v) is 7.61. The summed E-state index contributed by atoms with van der Waals surface area (Å²) in [4.78, 5) is 0. The van der Waals surface area contributed by atoms with Crippen LogP contribution in [-0.2, 0) is 23.7 Å². The third kappa shape index (κ3) is 4.07. The maximum Gasteiger partial charge on any atom is 0.115 e. The van der Waals surface area contributed by atoms with Crippen molar-refractivity contribution in [1.82, 2.24) is 0 Å². The number of rotatable bonds is 10. The summed E-state index contributed by atoms with van der Waals surface area (Å²) in [6.07, 6.45) is 2.50. The summed E-state index contributed by atoms with van der Waals surface area (Å²) in [5.74, 6) is 0. The second-order valence-corrected chi connectivity index (χ2v) is 5.55. The molecular formula is C16H30O6. The van der Waals surface area contributed by atoms with Crippen molar-refractivity contribution in [2.45, 2.75) is 49.3 Å². The molecule has 0 spiro atoms. The number of aliphatic hydroxyl groups is 1. The number of aliphatic hydroxyl groups excluding tert-OH is 1. The van der Waals surface area contributed by atoms with Crippen LogP contribution < -0.4 is 0 Å². The van der Waals surface area contributed by atoms with Crippen LogP contribution in [0, 0.1) is 0 Å². The molecular weight excluding hydrogens is 288 g/mol. The average molecular weight is 318 g/mol. The van der Waals surface area contributed by atoms with Crippen LogP contribution in [0.1, 0.15) is 19.3 Å². The van der Waals surface area contributed by atoms with Crippen molar-refractivity contribution in [1.29, 1.82) is 0 Å². The second kappa shape index (κ2) is 9.60. The van der Waals surface area contributed by atoms with Crippen molar-refractivity contribution >= 4 is 0 Å². The highest BCUT2D eigenvalue weighted by molar-refractivity contribution is 5.06. The molecule has 0 bridgehead atoms. The Hall–Kier alpha value is -0.500. The van der Waals surface area contributed by atoms with Crippen molar-refractivity contribution in [2.24, 2.45) is 0 Å². The van der Waals surface area contributed by atoms with Gasteiger partial charge in [0.1, 0.15) is 30.0 Å². The Labute approximate surface area is 133 Å². The zero-order valence-electron chi connectivity index (χ0n) is 14.1. The van der Waals surface area contributed by atoms with Gasteiger partial charge >= 0.3 is 0 Å². The van der Waals surface area contributed by atoms with Crippen LogP contribution in [-0.4, -0.2) is 76.8 Å². The van der Waals surface area contributed by atoms with Crippen molar-refractivity contribution < 1.29 is 28.8 Å². The van der Waals surface area contributed by atoms with Crippen molar-refractivity contribution in [3.63, 3.8) is 0 Å². The topological polar surface area (TPSA) is 66.4 Å². The van der Waals surface area contributed by atoms with Gasteiger partial charge in [-0.3, -0.25) is 0 Å². The molecule has 6 heteroatoms. The van der Waals surface area contributed by atoms with E-state index >= 15 is 0 Å². The Morgan fingerprint density at radius 2 is 1.82 bits per heavy atom. The predicted molar refractivity (Wildman–Crippen MR) is 83.0 cm³/mol. The number of methoxy groups -OCH3 is 4. The van der Waals surface area contributed by atoms with Gasteiger partial charge in [-0.15, -0.1) is 6.58 Å². The van der Waals surface area contributed by atoms with Crippen LogP contribution in [0.3, 0.4) is 0 Å². The Balaban J connectivity index is 3.16. The van der Waals surface area contributed by atoms with Gasteiger partial charge in [-0.05, 0) is 19.3 Å². The lowest BCUT2D eigenvalue weighted by Gasteiger charge is -2.52. The van der Waals surface area contributed by atoms with E-state index in [0.717, 1.165) is 0 Å². The summed E-state index contributed by atoms with van der Waals surface area (Å²) in [6, 6.07) is 0. The van der Waals surface area contributed by atoms with Gasteiger partial charge in [0.05, 0.1) is 6.61 Å². The molecule has 130 valence electrons. The van der Waals surface area contributed by atoms with Gasteiger partial charge in [0.25, 0.3) is 0 Å². The van der Waals surface area contributed by atoms with Crippen molar-refractivity contribution in [3.05, 3.63) is 12.7 Å². The zero-order valence-corrected chi connectivity index (χ0v) is 14.1. The fraction of sp³-hybridized carbons (Fsp3) is 0.875. The molecule has 0 aliphatic carbocycles. The zero-order chi connectivity index (χ0) is 16.6. The largest absolute Gasteiger partial charge is 0.396 e. The summed E-state index contributed by atoms with van der Waals surface area (Å²) in [5, 5.41) is 9.23. The summed E-state index contributed by atoms with van der Waals surface area (Å²) < 4.78 is 28.6. The lowest BCUT2D eigenvalue weighted by molar-refractivity contribution is -0.291. The number of ether oxygens (including phenoxy) is 5. The summed E-state index contributed by atoms with van der Waals surface area (Å²) in [7, 11) is 6.54. The van der Waals surface area contributed by atoms with Crippen LogP contribution in [0.5, 0.6) is 0 Å². The van der Waals surface area contributed by atoms with Crippen LogP contribution >= 0.6 is 0 Å². The smallest absolute Gasteiger partial charge is 0.115 e. The van der Waals surface area contributed by atoms with Gasteiger partial charge in [0, 0.05) is 35.0 Å². The van der Waals surface area contributed by atoms with E-state index in [4.69, 9.17) is 23.7 Å². The molecule has 6 nitrogen and oxygen atoms in total. The van der Waals surface area contributed by atoms with Gasteiger partial charge in [-0.25, -0.2) is 0 Å². The van der Waals surface area contributed by atoms with Crippen LogP contribution in [0.2, 0.25) is 0 Å². The van der Waals surface area contributed by atoms with Gasteiger partial charge in [-0.1, -0.05) is 6.08 Å². The van der Waals surface area contributed by atoms with Crippen molar-refractivity contribution in [3.8, 4) is 0 Å². The van der Waals surface area contributed by atoms with E-state index in [9.17, 15) is 5.11 Å². The molecule has 0 saturated carbocycles. The molecule has 22 heavy (non-hydrogen) atoms. The van der Waals surface area contributed by atoms with Crippen molar-refractivity contribution in [2.75, 3.05) is 41.7 Å². The first-order valence-electron chi connectivity index (χ1n) is 7.61. The molecule has 0 aromatic rings. The summed E-state index contributed by atoms with van der Waals surface area (Å²) >= 11 is 0. The normalized spacial score (nSPS) is 35.5. The second-order valence-electron chi connectivity index (χ2n) is 5.55. The molecule has 1 saturated heterocycles. The minimum Gasteiger partial charge on any atom is -0.396 e. The third-order valence-corrected chi connectivity index (χ3v) is 4.27.